The molecule has 2 rings (SSSR count). The van der Waals surface area contributed by atoms with Crippen molar-refractivity contribution in [1.29, 1.82) is 0 Å². The van der Waals surface area contributed by atoms with Crippen LogP contribution in [0.15, 0.2) is 42.5 Å². The van der Waals surface area contributed by atoms with Gasteiger partial charge in [-0.3, -0.25) is 0 Å². The predicted octanol–water partition coefficient (Wildman–Crippen LogP) is 3.58. The molecule has 3 nitrogen and oxygen atoms in total. The number of alkyl halides is 3. The molecule has 0 unspecified atom stereocenters. The Bertz CT molecular complexity index is 654. The van der Waals surface area contributed by atoms with E-state index in [1.807, 2.05) is 0 Å². The number of carbonyl (C=O) groups excluding carboxylic acids is 1. The first-order valence-corrected chi connectivity index (χ1v) is 6.08. The molecule has 6 heteroatoms. The van der Waals surface area contributed by atoms with Crippen molar-refractivity contribution in [3.8, 4) is 16.9 Å². The molecule has 110 valence electrons. The van der Waals surface area contributed by atoms with Crippen molar-refractivity contribution in [3.63, 3.8) is 0 Å². The summed E-state index contributed by atoms with van der Waals surface area (Å²) in [5.41, 5.74) is 7.37. The van der Waals surface area contributed by atoms with E-state index in [4.69, 9.17) is 5.73 Å². The molecular weight excluding hydrogens is 283 g/mol. The number of nitrogen functional groups attached to an aromatic ring is 1. The number of nitrogens with two attached hydrogens (primary N) is 1. The minimum absolute atomic E-state index is 0.0563. The van der Waals surface area contributed by atoms with E-state index in [1.54, 1.807) is 24.3 Å². The quantitative estimate of drug-likeness (QED) is 0.693. The first-order chi connectivity index (χ1) is 9.90. The van der Waals surface area contributed by atoms with Gasteiger partial charge in [0.05, 0.1) is 0 Å². The van der Waals surface area contributed by atoms with Gasteiger partial charge in [0.2, 0.25) is 0 Å². The maximum absolute atomic E-state index is 12.5. The van der Waals surface area contributed by atoms with Crippen molar-refractivity contribution < 1.29 is 22.7 Å². The van der Waals surface area contributed by atoms with Crippen LogP contribution in [0.25, 0.3) is 11.1 Å². The fourth-order valence-electron chi connectivity index (χ4n) is 2.04. The minimum Gasteiger partial charge on any atom is -0.405 e. The second-order valence-corrected chi connectivity index (χ2v) is 4.33. The normalized spacial score (nSPS) is 11.2. The predicted molar refractivity (Wildman–Crippen MR) is 72.7 cm³/mol. The van der Waals surface area contributed by atoms with Crippen LogP contribution in [0.2, 0.25) is 0 Å². The number of ether oxygens (including phenoxy) is 1. The topological polar surface area (TPSA) is 52.3 Å². The van der Waals surface area contributed by atoms with E-state index in [1.165, 1.54) is 18.2 Å². The van der Waals surface area contributed by atoms with Gasteiger partial charge in [0.1, 0.15) is 12.0 Å². The monoisotopic (exact) mass is 295 g/mol. The molecule has 0 radical (unpaired) electrons. The molecular formula is C15H12F3NO2. The molecule has 0 saturated carbocycles. The largest absolute Gasteiger partial charge is 0.573 e. The highest BCUT2D eigenvalue weighted by Crippen LogP contribution is 2.36. The molecule has 0 aliphatic rings. The maximum Gasteiger partial charge on any atom is 0.573 e. The average Bonchev–Trinajstić information content (AvgIpc) is 2.39. The summed E-state index contributed by atoms with van der Waals surface area (Å²) in [5, 5.41) is 0. The minimum atomic E-state index is -4.78. The first-order valence-electron chi connectivity index (χ1n) is 6.08. The molecule has 2 aromatic carbocycles. The van der Waals surface area contributed by atoms with Gasteiger partial charge < -0.3 is 15.3 Å². The number of hydrogen-bond donors (Lipinski definition) is 1. The van der Waals surface area contributed by atoms with E-state index < -0.39 is 6.36 Å². The molecule has 0 bridgehead atoms. The molecule has 21 heavy (non-hydrogen) atoms. The Morgan fingerprint density at radius 3 is 2.48 bits per heavy atom. The van der Waals surface area contributed by atoms with Gasteiger partial charge in [0.25, 0.3) is 0 Å². The lowest BCUT2D eigenvalue weighted by molar-refractivity contribution is -0.274. The van der Waals surface area contributed by atoms with Gasteiger partial charge in [0, 0.05) is 17.7 Å². The number of anilines is 1. The van der Waals surface area contributed by atoms with Crippen LogP contribution < -0.4 is 10.5 Å². The number of aldehydes is 1. The van der Waals surface area contributed by atoms with Crippen molar-refractivity contribution >= 4 is 12.0 Å². The standard InChI is InChI=1S/C15H12F3NO2/c16-15(17,18)21-14-4-2-1-3-13(14)12-6-5-11(19)9-10(12)7-8-20/h1-6,8-9H,7,19H2. The Hall–Kier alpha value is -2.50. The lowest BCUT2D eigenvalue weighted by Crippen LogP contribution is -2.17. The third-order valence-corrected chi connectivity index (χ3v) is 2.84. The number of carbonyl (C=O) groups is 1. The molecule has 0 fully saturated rings. The van der Waals surface area contributed by atoms with Gasteiger partial charge in [-0.05, 0) is 29.3 Å². The number of rotatable bonds is 4. The van der Waals surface area contributed by atoms with Crippen LogP contribution in [0, 0.1) is 0 Å². The number of halogens is 3. The highest BCUT2D eigenvalue weighted by Gasteiger charge is 2.32. The van der Waals surface area contributed by atoms with E-state index in [0.717, 1.165) is 0 Å². The van der Waals surface area contributed by atoms with E-state index >= 15 is 0 Å². The SMILES string of the molecule is Nc1ccc(-c2ccccc2OC(F)(F)F)c(CC=O)c1. The van der Waals surface area contributed by atoms with Crippen LogP contribution in [0.3, 0.4) is 0 Å². The van der Waals surface area contributed by atoms with Crippen molar-refractivity contribution in [2.24, 2.45) is 0 Å². The Morgan fingerprint density at radius 2 is 1.81 bits per heavy atom. The van der Waals surface area contributed by atoms with E-state index in [2.05, 4.69) is 4.74 Å². The van der Waals surface area contributed by atoms with Gasteiger partial charge in [-0.15, -0.1) is 13.2 Å². The van der Waals surface area contributed by atoms with Crippen LogP contribution in [-0.4, -0.2) is 12.6 Å². The summed E-state index contributed by atoms with van der Waals surface area (Å²) in [6, 6.07) is 10.5. The van der Waals surface area contributed by atoms with Crippen LogP contribution in [-0.2, 0) is 11.2 Å². The molecule has 0 spiro atoms. The molecule has 0 heterocycles. The summed E-state index contributed by atoms with van der Waals surface area (Å²) in [6.07, 6.45) is -4.05. The van der Waals surface area contributed by atoms with Gasteiger partial charge in [-0.2, -0.15) is 0 Å². The lowest BCUT2D eigenvalue weighted by Gasteiger charge is -2.15. The van der Waals surface area contributed by atoms with Gasteiger partial charge in [-0.25, -0.2) is 0 Å². The molecule has 0 aliphatic heterocycles. The van der Waals surface area contributed by atoms with Gasteiger partial charge in [-0.1, -0.05) is 24.3 Å². The smallest absolute Gasteiger partial charge is 0.405 e. The van der Waals surface area contributed by atoms with Crippen LogP contribution in [0.5, 0.6) is 5.75 Å². The van der Waals surface area contributed by atoms with Crippen molar-refractivity contribution in [2.45, 2.75) is 12.8 Å². The molecule has 0 aromatic heterocycles. The van der Waals surface area contributed by atoms with Crippen LogP contribution in [0.1, 0.15) is 5.56 Å². The zero-order chi connectivity index (χ0) is 15.5. The van der Waals surface area contributed by atoms with E-state index in [9.17, 15) is 18.0 Å². The van der Waals surface area contributed by atoms with Crippen molar-refractivity contribution in [2.75, 3.05) is 5.73 Å². The summed E-state index contributed by atoms with van der Waals surface area (Å²) in [4.78, 5) is 10.7. The maximum atomic E-state index is 12.5. The third-order valence-electron chi connectivity index (χ3n) is 2.84. The fraction of sp³-hybridized carbons (Fsp3) is 0.133. The van der Waals surface area contributed by atoms with Crippen LogP contribution in [0.4, 0.5) is 18.9 Å². The Balaban J connectivity index is 2.54. The Labute approximate surface area is 119 Å². The number of hydrogen-bond acceptors (Lipinski definition) is 3. The highest BCUT2D eigenvalue weighted by molar-refractivity contribution is 5.77. The van der Waals surface area contributed by atoms with Crippen molar-refractivity contribution in [1.82, 2.24) is 0 Å². The lowest BCUT2D eigenvalue weighted by atomic mass is 9.96. The summed E-state index contributed by atoms with van der Waals surface area (Å²) in [7, 11) is 0. The summed E-state index contributed by atoms with van der Waals surface area (Å²) < 4.78 is 41.4. The van der Waals surface area contributed by atoms with Crippen LogP contribution >= 0.6 is 0 Å². The average molecular weight is 295 g/mol. The second kappa shape index (κ2) is 5.87. The molecule has 2 aromatic rings. The third kappa shape index (κ3) is 3.75. The fourth-order valence-corrected chi connectivity index (χ4v) is 2.04. The van der Waals surface area contributed by atoms with Gasteiger partial charge in [0.15, 0.2) is 0 Å². The zero-order valence-electron chi connectivity index (χ0n) is 10.9. The zero-order valence-corrected chi connectivity index (χ0v) is 10.9. The number of benzene rings is 2. The molecule has 2 N–H and O–H groups in total. The van der Waals surface area contributed by atoms with E-state index in [-0.39, 0.29) is 17.7 Å². The van der Waals surface area contributed by atoms with Crippen molar-refractivity contribution in [3.05, 3.63) is 48.0 Å². The Morgan fingerprint density at radius 1 is 1.10 bits per heavy atom. The molecule has 0 aliphatic carbocycles. The first kappa shape index (κ1) is 14.9. The summed E-state index contributed by atoms with van der Waals surface area (Å²) in [6.45, 7) is 0. The summed E-state index contributed by atoms with van der Waals surface area (Å²) in [5.74, 6) is -0.318. The molecule has 0 saturated heterocycles. The van der Waals surface area contributed by atoms with E-state index in [0.29, 0.717) is 23.1 Å². The summed E-state index contributed by atoms with van der Waals surface area (Å²) >= 11 is 0. The number of para-hydroxylation sites is 1. The molecule has 0 atom stereocenters. The van der Waals surface area contributed by atoms with Gasteiger partial charge >= 0.3 is 6.36 Å². The molecule has 0 amide bonds. The second-order valence-electron chi connectivity index (χ2n) is 4.33. The highest BCUT2D eigenvalue weighted by atomic mass is 19.4. The Kier molecular flexibility index (Phi) is 4.16.